The Morgan fingerprint density at radius 3 is 2.53 bits per heavy atom. The molecule has 0 aliphatic carbocycles. The number of hydrogen-bond donors (Lipinski definition) is 1. The Balaban J connectivity index is 3.13. The molecule has 8 heteroatoms. The van der Waals surface area contributed by atoms with Gasteiger partial charge in [0.05, 0.1) is 0 Å². The Hall–Kier alpha value is -2.04. The number of aromatic nitrogens is 1. The largest absolute Gasteiger partial charge is 0.574 e. The summed E-state index contributed by atoms with van der Waals surface area (Å²) in [5, 5.41) is 8.37. The fraction of sp³-hybridized carbons (Fsp3) is 0.143. The van der Waals surface area contributed by atoms with Gasteiger partial charge in [-0.15, -0.1) is 13.2 Å². The number of anilines is 1. The Kier molecular flexibility index (Phi) is 2.65. The number of nitriles is 1. The van der Waals surface area contributed by atoms with Crippen molar-refractivity contribution < 1.29 is 22.3 Å². The van der Waals surface area contributed by atoms with Crippen molar-refractivity contribution in [2.45, 2.75) is 6.36 Å². The fourth-order valence-corrected chi connectivity index (χ4v) is 0.758. The molecule has 2 N–H and O–H groups in total. The molecule has 0 aliphatic rings. The lowest BCUT2D eigenvalue weighted by molar-refractivity contribution is -0.276. The van der Waals surface area contributed by atoms with Crippen LogP contribution in [0.4, 0.5) is 23.2 Å². The average Bonchev–Trinajstić information content (AvgIpc) is 2.08. The van der Waals surface area contributed by atoms with E-state index in [1.165, 1.54) is 6.07 Å². The van der Waals surface area contributed by atoms with Crippen molar-refractivity contribution in [2.24, 2.45) is 0 Å². The molecule has 0 bridgehead atoms. The predicted molar refractivity (Wildman–Crippen MR) is 40.0 cm³/mol. The summed E-state index contributed by atoms with van der Waals surface area (Å²) in [5.41, 5.74) is 3.75. The fourth-order valence-electron chi connectivity index (χ4n) is 0.758. The first-order chi connectivity index (χ1) is 6.83. The molecule has 1 heterocycles. The number of halogens is 4. The quantitative estimate of drug-likeness (QED) is 0.730. The monoisotopic (exact) mass is 221 g/mol. The van der Waals surface area contributed by atoms with Crippen molar-refractivity contribution in [1.29, 1.82) is 5.26 Å². The van der Waals surface area contributed by atoms with E-state index in [0.29, 0.717) is 6.07 Å². The molecule has 4 nitrogen and oxygen atoms in total. The third-order valence-corrected chi connectivity index (χ3v) is 1.31. The topological polar surface area (TPSA) is 71.9 Å². The van der Waals surface area contributed by atoms with E-state index in [1.54, 1.807) is 0 Å². The van der Waals surface area contributed by atoms with Crippen LogP contribution in [-0.4, -0.2) is 11.3 Å². The lowest BCUT2D eigenvalue weighted by Crippen LogP contribution is -2.18. The molecule has 1 rings (SSSR count). The van der Waals surface area contributed by atoms with E-state index < -0.39 is 29.4 Å². The first-order valence-electron chi connectivity index (χ1n) is 3.45. The number of pyridine rings is 1. The smallest absolute Gasteiger partial charge is 0.394 e. The molecule has 1 aromatic heterocycles. The molecule has 0 aromatic carbocycles. The second-order valence-corrected chi connectivity index (χ2v) is 2.36. The molecule has 1 aromatic rings. The molecular weight excluding hydrogens is 218 g/mol. The van der Waals surface area contributed by atoms with Crippen molar-refractivity contribution in [2.75, 3.05) is 5.73 Å². The Morgan fingerprint density at radius 2 is 2.07 bits per heavy atom. The van der Waals surface area contributed by atoms with Crippen LogP contribution in [0.25, 0.3) is 0 Å². The molecule has 15 heavy (non-hydrogen) atoms. The van der Waals surface area contributed by atoms with Gasteiger partial charge in [0.15, 0.2) is 11.5 Å². The zero-order chi connectivity index (χ0) is 11.6. The van der Waals surface area contributed by atoms with Gasteiger partial charge in [-0.2, -0.15) is 10.2 Å². The molecule has 0 aliphatic heterocycles. The molecular formula is C7H3F4N3O. The van der Waals surface area contributed by atoms with E-state index in [2.05, 4.69) is 9.72 Å². The third-order valence-electron chi connectivity index (χ3n) is 1.31. The maximum absolute atomic E-state index is 12.8. The first-order valence-corrected chi connectivity index (χ1v) is 3.45. The molecule has 0 unspecified atom stereocenters. The third kappa shape index (κ3) is 2.70. The van der Waals surface area contributed by atoms with Crippen LogP contribution < -0.4 is 10.5 Å². The van der Waals surface area contributed by atoms with Gasteiger partial charge in [-0.3, -0.25) is 0 Å². The van der Waals surface area contributed by atoms with Gasteiger partial charge in [0.2, 0.25) is 5.88 Å². The van der Waals surface area contributed by atoms with Crippen LogP contribution in [0.15, 0.2) is 6.07 Å². The number of nitrogen functional groups attached to an aromatic ring is 1. The zero-order valence-electron chi connectivity index (χ0n) is 6.97. The second-order valence-electron chi connectivity index (χ2n) is 2.36. The van der Waals surface area contributed by atoms with Crippen LogP contribution in [-0.2, 0) is 0 Å². The SMILES string of the molecule is N#Cc1nc(OC(F)(F)F)cc(F)c1N. The van der Waals surface area contributed by atoms with Gasteiger partial charge in [0, 0.05) is 6.07 Å². The maximum atomic E-state index is 12.8. The van der Waals surface area contributed by atoms with Gasteiger partial charge in [-0.25, -0.2) is 4.39 Å². The van der Waals surface area contributed by atoms with Crippen LogP contribution in [0.1, 0.15) is 5.69 Å². The minimum atomic E-state index is -5.00. The van der Waals surface area contributed by atoms with Gasteiger partial charge in [0.25, 0.3) is 0 Å². The summed E-state index contributed by atoms with van der Waals surface area (Å²) in [5.74, 6) is -2.26. The van der Waals surface area contributed by atoms with Crippen molar-refractivity contribution >= 4 is 5.69 Å². The summed E-state index contributed by atoms with van der Waals surface area (Å²) in [6.07, 6.45) is -5.00. The van der Waals surface area contributed by atoms with E-state index in [-0.39, 0.29) is 0 Å². The molecule has 0 radical (unpaired) electrons. The number of alkyl halides is 3. The average molecular weight is 221 g/mol. The van der Waals surface area contributed by atoms with E-state index in [9.17, 15) is 17.6 Å². The van der Waals surface area contributed by atoms with Crippen LogP contribution in [0, 0.1) is 17.1 Å². The molecule has 0 saturated carbocycles. The zero-order valence-corrected chi connectivity index (χ0v) is 6.97. The standard InChI is InChI=1S/C7H3F4N3O/c8-3-1-5(15-7(9,10)11)14-4(2-12)6(3)13/h1H,13H2. The highest BCUT2D eigenvalue weighted by atomic mass is 19.4. The normalized spacial score (nSPS) is 10.9. The highest BCUT2D eigenvalue weighted by molar-refractivity contribution is 5.52. The molecule has 0 saturated heterocycles. The van der Waals surface area contributed by atoms with Crippen molar-refractivity contribution in [3.63, 3.8) is 0 Å². The number of hydrogen-bond acceptors (Lipinski definition) is 4. The van der Waals surface area contributed by atoms with Crippen molar-refractivity contribution in [3.05, 3.63) is 17.6 Å². The van der Waals surface area contributed by atoms with Crippen molar-refractivity contribution in [1.82, 2.24) is 4.98 Å². The minimum absolute atomic E-state index is 0.351. The van der Waals surface area contributed by atoms with Crippen molar-refractivity contribution in [3.8, 4) is 11.9 Å². The van der Waals surface area contributed by atoms with Crippen LogP contribution in [0.3, 0.4) is 0 Å². The summed E-state index contributed by atoms with van der Waals surface area (Å²) in [6, 6.07) is 1.69. The highest BCUT2D eigenvalue weighted by Crippen LogP contribution is 2.24. The molecule has 0 fully saturated rings. The Morgan fingerprint density at radius 1 is 1.47 bits per heavy atom. The summed E-state index contributed by atoms with van der Waals surface area (Å²) >= 11 is 0. The molecule has 80 valence electrons. The van der Waals surface area contributed by atoms with Gasteiger partial charge >= 0.3 is 6.36 Å². The number of ether oxygens (including phenoxy) is 1. The van der Waals surface area contributed by atoms with Crippen LogP contribution >= 0.6 is 0 Å². The van der Waals surface area contributed by atoms with E-state index in [1.807, 2.05) is 0 Å². The van der Waals surface area contributed by atoms with Crippen LogP contribution in [0.5, 0.6) is 5.88 Å². The van der Waals surface area contributed by atoms with E-state index >= 15 is 0 Å². The molecule has 0 amide bonds. The highest BCUT2D eigenvalue weighted by Gasteiger charge is 2.32. The van der Waals surface area contributed by atoms with Gasteiger partial charge < -0.3 is 10.5 Å². The van der Waals surface area contributed by atoms with E-state index in [4.69, 9.17) is 11.0 Å². The summed E-state index contributed by atoms with van der Waals surface area (Å²) < 4.78 is 51.3. The lowest BCUT2D eigenvalue weighted by atomic mass is 10.3. The summed E-state index contributed by atoms with van der Waals surface area (Å²) in [6.45, 7) is 0. The van der Waals surface area contributed by atoms with Gasteiger partial charge in [-0.05, 0) is 0 Å². The predicted octanol–water partition coefficient (Wildman–Crippen LogP) is 1.57. The molecule has 0 spiro atoms. The lowest BCUT2D eigenvalue weighted by Gasteiger charge is -2.08. The minimum Gasteiger partial charge on any atom is -0.394 e. The summed E-state index contributed by atoms with van der Waals surface area (Å²) in [7, 11) is 0. The van der Waals surface area contributed by atoms with Gasteiger partial charge in [0.1, 0.15) is 11.8 Å². The summed E-state index contributed by atoms with van der Waals surface area (Å²) in [4.78, 5) is 3.07. The molecule has 0 atom stereocenters. The Bertz CT molecular complexity index is 423. The van der Waals surface area contributed by atoms with Gasteiger partial charge in [-0.1, -0.05) is 0 Å². The first kappa shape index (κ1) is 11.0. The number of nitrogens with zero attached hydrogens (tertiary/aromatic N) is 2. The van der Waals surface area contributed by atoms with E-state index in [0.717, 1.165) is 0 Å². The Labute approximate surface area is 80.9 Å². The maximum Gasteiger partial charge on any atom is 0.574 e. The van der Waals surface area contributed by atoms with Crippen LogP contribution in [0.2, 0.25) is 0 Å². The number of nitrogens with two attached hydrogens (primary N) is 1. The number of rotatable bonds is 1. The second kappa shape index (κ2) is 3.61.